The molecule has 0 amide bonds. The van der Waals surface area contributed by atoms with Crippen LogP contribution in [-0.4, -0.2) is 159 Å². The molecule has 3 rings (SSSR count). The molecule has 0 spiro atoms. The Morgan fingerprint density at radius 2 is 1.54 bits per heavy atom. The number of hydrogen-bond acceptors (Lipinski definition) is 15. The summed E-state index contributed by atoms with van der Waals surface area (Å²) in [5.41, 5.74) is 8.38. The first-order chi connectivity index (χ1) is 18.3. The van der Waals surface area contributed by atoms with E-state index in [1.54, 1.807) is 0 Å². The smallest absolute Gasteiger partial charge is 0.187 e. The number of ether oxygens (including phenoxy) is 4. The zero-order chi connectivity index (χ0) is 29.2. The maximum absolute atomic E-state index is 11.9. The van der Waals surface area contributed by atoms with Crippen molar-refractivity contribution in [2.45, 2.75) is 85.1 Å². The zero-order valence-corrected chi connectivity index (χ0v) is 20.8. The van der Waals surface area contributed by atoms with Crippen LogP contribution in [0.15, 0.2) is 0 Å². The predicted molar refractivity (Wildman–Crippen MR) is 127 cm³/mol. The quantitative estimate of drug-likeness (QED) is 0.0698. The van der Waals surface area contributed by atoms with E-state index in [1.807, 2.05) is 0 Å². The van der Waals surface area contributed by atoms with E-state index in [9.17, 15) is 40.5 Å². The minimum absolute atomic E-state index is 0.117. The summed E-state index contributed by atoms with van der Waals surface area (Å²) in [5, 5.41) is 95.7. The predicted octanol–water partition coefficient (Wildman–Crippen LogP) is -8.13. The van der Waals surface area contributed by atoms with E-state index in [0.717, 1.165) is 0 Å². The molecule has 6 unspecified atom stereocenters. The Morgan fingerprint density at radius 3 is 2.08 bits per heavy atom. The Balaban J connectivity index is 1.89. The van der Waals surface area contributed by atoms with Gasteiger partial charge in [0.05, 0.1) is 37.4 Å². The first-order valence-corrected chi connectivity index (χ1v) is 12.0. The lowest BCUT2D eigenvalue weighted by Gasteiger charge is -2.47. The Kier molecular flexibility index (Phi) is 10.0. The van der Waals surface area contributed by atoms with Crippen molar-refractivity contribution in [3.8, 4) is 0 Å². The molecule has 2 saturated heterocycles. The van der Waals surface area contributed by atoms with E-state index in [-0.39, 0.29) is 6.29 Å². The highest BCUT2D eigenvalue weighted by molar-refractivity contribution is 5.75. The Labute approximate surface area is 222 Å². The van der Waals surface area contributed by atoms with Gasteiger partial charge in [-0.1, -0.05) is 0 Å². The molecule has 19 nitrogen and oxygen atoms in total. The van der Waals surface area contributed by atoms with Crippen molar-refractivity contribution in [1.29, 1.82) is 10.8 Å². The summed E-state index contributed by atoms with van der Waals surface area (Å²) in [7, 11) is 1.41. The highest BCUT2D eigenvalue weighted by Gasteiger charge is 2.58. The maximum Gasteiger partial charge on any atom is 0.187 e. The molecule has 0 radical (unpaired) electrons. The van der Waals surface area contributed by atoms with Crippen LogP contribution in [0, 0.1) is 10.8 Å². The summed E-state index contributed by atoms with van der Waals surface area (Å²) in [6.45, 7) is -1.36. The standard InChI is InChI=1S/C20H37N7O12/c1-25-8-12(33)9(30)5(2-28)37-16(8)39-15-17(36-4-20(15,35)3-29)38-14-7(27-19(23)24)10(31)6(26-18(21)22)11(32)13(14)34/h3,5-17,25,28,30-35H,2,4H2,1H3,(H4,21,22,26)(H4,23,24,27)/t5?,6?,7-,8+,9-,10?,11-,12?,13-,14?,15+,16-,17-,20?/m0/s1. The van der Waals surface area contributed by atoms with E-state index in [1.165, 1.54) is 7.05 Å². The van der Waals surface area contributed by atoms with Gasteiger partial charge >= 0.3 is 0 Å². The number of rotatable bonds is 9. The van der Waals surface area contributed by atoms with Gasteiger partial charge in [0.15, 0.2) is 36.4 Å². The van der Waals surface area contributed by atoms with Crippen LogP contribution in [0.1, 0.15) is 0 Å². The normalized spacial score (nSPS) is 46.4. The molecule has 0 aromatic carbocycles. The molecular formula is C20H37N7O12. The lowest BCUT2D eigenvalue weighted by Crippen LogP contribution is -2.73. The first-order valence-electron chi connectivity index (χ1n) is 12.0. The summed E-state index contributed by atoms with van der Waals surface area (Å²) in [6, 6.07) is -3.93. The van der Waals surface area contributed by atoms with Crippen LogP contribution in [-0.2, 0) is 23.7 Å². The summed E-state index contributed by atoms with van der Waals surface area (Å²) in [5.74, 6) is -1.28. The lowest BCUT2D eigenvalue weighted by atomic mass is 9.81. The van der Waals surface area contributed by atoms with E-state index >= 15 is 0 Å². The van der Waals surface area contributed by atoms with Crippen molar-refractivity contribution in [3.05, 3.63) is 0 Å². The van der Waals surface area contributed by atoms with Gasteiger partial charge in [0.2, 0.25) is 0 Å². The Bertz CT molecular complexity index is 890. The number of aliphatic hydroxyl groups is 7. The van der Waals surface area contributed by atoms with Gasteiger partial charge in [-0.25, -0.2) is 0 Å². The van der Waals surface area contributed by atoms with Gasteiger partial charge in [0, 0.05) is 0 Å². The molecule has 224 valence electrons. The monoisotopic (exact) mass is 567 g/mol. The number of nitrogens with one attached hydrogen (secondary N) is 5. The van der Waals surface area contributed by atoms with Gasteiger partial charge in [-0.3, -0.25) is 15.6 Å². The van der Waals surface area contributed by atoms with E-state index < -0.39 is 110 Å². The summed E-state index contributed by atoms with van der Waals surface area (Å²) >= 11 is 0. The number of aliphatic hydroxyl groups excluding tert-OH is 6. The molecule has 14 atom stereocenters. The molecule has 0 bridgehead atoms. The Hall–Kier alpha value is -2.27. The molecule has 2 heterocycles. The molecule has 3 fully saturated rings. The summed E-state index contributed by atoms with van der Waals surface area (Å²) < 4.78 is 22.5. The summed E-state index contributed by atoms with van der Waals surface area (Å²) in [6.07, 6.45) is -15.9. The van der Waals surface area contributed by atoms with Crippen LogP contribution in [0.25, 0.3) is 0 Å². The van der Waals surface area contributed by atoms with Gasteiger partial charge in [0.25, 0.3) is 0 Å². The molecule has 19 heteroatoms. The van der Waals surface area contributed by atoms with Crippen LogP contribution >= 0.6 is 0 Å². The molecule has 16 N–H and O–H groups in total. The summed E-state index contributed by atoms with van der Waals surface area (Å²) in [4.78, 5) is 11.9. The third-order valence-electron chi connectivity index (χ3n) is 7.00. The zero-order valence-electron chi connectivity index (χ0n) is 20.8. The van der Waals surface area contributed by atoms with Crippen LogP contribution in [0.4, 0.5) is 0 Å². The van der Waals surface area contributed by atoms with E-state index in [4.69, 9.17) is 41.2 Å². The minimum Gasteiger partial charge on any atom is -0.394 e. The second kappa shape index (κ2) is 12.5. The second-order valence-electron chi connectivity index (χ2n) is 9.61. The average Bonchev–Trinajstić information content (AvgIpc) is 3.19. The van der Waals surface area contributed by atoms with Crippen LogP contribution < -0.4 is 27.4 Å². The highest BCUT2D eigenvalue weighted by Crippen LogP contribution is 2.34. The molecule has 2 aliphatic heterocycles. The number of carbonyl (C=O) groups excluding carboxylic acids is 1. The molecule has 3 aliphatic rings. The fourth-order valence-corrected chi connectivity index (χ4v) is 4.92. The number of aldehydes is 1. The fourth-order valence-electron chi connectivity index (χ4n) is 4.92. The number of guanidine groups is 2. The number of likely N-dealkylation sites (N-methyl/N-ethyl adjacent to an activating group) is 1. The largest absolute Gasteiger partial charge is 0.394 e. The maximum atomic E-state index is 11.9. The second-order valence-corrected chi connectivity index (χ2v) is 9.61. The van der Waals surface area contributed by atoms with Crippen LogP contribution in [0.3, 0.4) is 0 Å². The number of hydrogen-bond donors (Lipinski definition) is 14. The van der Waals surface area contributed by atoms with Gasteiger partial charge in [-0.2, -0.15) is 0 Å². The van der Waals surface area contributed by atoms with Crippen molar-refractivity contribution in [2.75, 3.05) is 20.3 Å². The van der Waals surface area contributed by atoms with E-state index in [2.05, 4.69) is 16.0 Å². The molecule has 0 aromatic rings. The number of carbonyl (C=O) groups is 1. The van der Waals surface area contributed by atoms with Crippen molar-refractivity contribution < 1.29 is 59.5 Å². The van der Waals surface area contributed by atoms with Gasteiger partial charge < -0.3 is 82.1 Å². The van der Waals surface area contributed by atoms with Crippen molar-refractivity contribution >= 4 is 18.2 Å². The molecule has 39 heavy (non-hydrogen) atoms. The van der Waals surface area contributed by atoms with Gasteiger partial charge in [0.1, 0.15) is 42.7 Å². The lowest BCUT2D eigenvalue weighted by molar-refractivity contribution is -0.314. The third-order valence-corrected chi connectivity index (χ3v) is 7.00. The van der Waals surface area contributed by atoms with Crippen molar-refractivity contribution in [1.82, 2.24) is 16.0 Å². The number of nitrogens with two attached hydrogens (primary N) is 2. The fraction of sp³-hybridized carbons (Fsp3) is 0.850. The Morgan fingerprint density at radius 1 is 0.949 bits per heavy atom. The topological polar surface area (TPSA) is 331 Å². The molecule has 1 saturated carbocycles. The van der Waals surface area contributed by atoms with Gasteiger partial charge in [-0.05, 0) is 7.05 Å². The van der Waals surface area contributed by atoms with Crippen LogP contribution in [0.2, 0.25) is 0 Å². The van der Waals surface area contributed by atoms with E-state index in [0.29, 0.717) is 0 Å². The average molecular weight is 568 g/mol. The van der Waals surface area contributed by atoms with Gasteiger partial charge in [-0.15, -0.1) is 0 Å². The third kappa shape index (κ3) is 6.24. The molecule has 1 aliphatic carbocycles. The molecular weight excluding hydrogens is 530 g/mol. The SMILES string of the molecule is CN[C@@H]1C(O)[C@@H](O)C(CO)O[C@H]1O[C@@H]1[C@H](OC2[C@@H](NC(=N)N)C(O)C(NC(=N)N)[C@H](O)[C@@H]2O)OCC1(O)C=O. The van der Waals surface area contributed by atoms with Crippen molar-refractivity contribution in [3.63, 3.8) is 0 Å². The highest BCUT2D eigenvalue weighted by atomic mass is 16.8. The van der Waals surface area contributed by atoms with Crippen molar-refractivity contribution in [2.24, 2.45) is 11.5 Å². The minimum atomic E-state index is -2.35. The first kappa shape index (κ1) is 31.3. The van der Waals surface area contributed by atoms with Crippen LogP contribution in [0.5, 0.6) is 0 Å². The molecule has 0 aromatic heterocycles.